The van der Waals surface area contributed by atoms with Gasteiger partial charge in [0.2, 0.25) is 0 Å². The first kappa shape index (κ1) is 20.2. The van der Waals surface area contributed by atoms with Crippen LogP contribution in [0.5, 0.6) is 11.5 Å². The summed E-state index contributed by atoms with van der Waals surface area (Å²) in [5.74, 6) is 0.373. The van der Waals surface area contributed by atoms with Gasteiger partial charge in [0.25, 0.3) is 11.8 Å². The highest BCUT2D eigenvalue weighted by atomic mass is 16.5. The molecule has 4 rings (SSSR count). The molecule has 0 radical (unpaired) electrons. The Hall–Kier alpha value is -4.06. The van der Waals surface area contributed by atoms with Crippen LogP contribution in [-0.2, 0) is 9.59 Å². The number of hydrogen-bond acceptors (Lipinski definition) is 5. The molecule has 3 aromatic carbocycles. The van der Waals surface area contributed by atoms with Crippen LogP contribution in [0.2, 0.25) is 0 Å². The summed E-state index contributed by atoms with van der Waals surface area (Å²) < 4.78 is 10.7. The number of imide groups is 1. The molecular weight excluding hydrogens is 392 g/mol. The van der Waals surface area contributed by atoms with E-state index in [2.05, 4.69) is 5.32 Å². The molecule has 0 unspecified atom stereocenters. The summed E-state index contributed by atoms with van der Waals surface area (Å²) in [5, 5.41) is 3.14. The average Bonchev–Trinajstić information content (AvgIpc) is 3.04. The minimum atomic E-state index is -0.425. The number of carbonyl (C=O) groups excluding carboxylic acids is 2. The van der Waals surface area contributed by atoms with E-state index < -0.39 is 11.8 Å². The highest BCUT2D eigenvalue weighted by Gasteiger charge is 2.41. The van der Waals surface area contributed by atoms with E-state index in [9.17, 15) is 9.59 Å². The predicted octanol–water partition coefficient (Wildman–Crippen LogP) is 4.41. The first-order valence-corrected chi connectivity index (χ1v) is 9.77. The van der Waals surface area contributed by atoms with E-state index in [0.717, 1.165) is 5.56 Å². The molecular formula is C25H22N2O4. The number of hydrogen-bond donors (Lipinski definition) is 1. The molecule has 2 amide bonds. The molecule has 6 heteroatoms. The maximum Gasteiger partial charge on any atom is 0.282 e. The van der Waals surface area contributed by atoms with E-state index in [1.807, 2.05) is 31.2 Å². The van der Waals surface area contributed by atoms with Crippen molar-refractivity contribution in [2.75, 3.05) is 24.4 Å². The fraction of sp³-hybridized carbons (Fsp3) is 0.120. The number of methoxy groups -OCH3 is 2. The first-order chi connectivity index (χ1) is 15.0. The van der Waals surface area contributed by atoms with Crippen LogP contribution in [0.3, 0.4) is 0 Å². The second-order valence-electron chi connectivity index (χ2n) is 7.09. The number of nitrogens with one attached hydrogen (secondary N) is 1. The summed E-state index contributed by atoms with van der Waals surface area (Å²) in [5.41, 5.74) is 3.22. The monoisotopic (exact) mass is 414 g/mol. The molecule has 0 spiro atoms. The predicted molar refractivity (Wildman–Crippen MR) is 120 cm³/mol. The fourth-order valence-corrected chi connectivity index (χ4v) is 3.49. The maximum absolute atomic E-state index is 13.5. The Morgan fingerprint density at radius 3 is 2.10 bits per heavy atom. The fourth-order valence-electron chi connectivity index (χ4n) is 3.49. The lowest BCUT2D eigenvalue weighted by atomic mass is 10.0. The summed E-state index contributed by atoms with van der Waals surface area (Å²) in [6.07, 6.45) is 0. The molecule has 1 N–H and O–H groups in total. The lowest BCUT2D eigenvalue weighted by Gasteiger charge is -2.16. The lowest BCUT2D eigenvalue weighted by Crippen LogP contribution is -2.32. The zero-order valence-electron chi connectivity index (χ0n) is 17.5. The second-order valence-corrected chi connectivity index (χ2v) is 7.09. The maximum atomic E-state index is 13.5. The van der Waals surface area contributed by atoms with E-state index in [4.69, 9.17) is 9.47 Å². The first-order valence-electron chi connectivity index (χ1n) is 9.77. The second kappa shape index (κ2) is 8.36. The van der Waals surface area contributed by atoms with Crippen molar-refractivity contribution in [3.8, 4) is 11.5 Å². The Balaban J connectivity index is 1.83. The van der Waals surface area contributed by atoms with Crippen LogP contribution in [0.15, 0.2) is 78.5 Å². The minimum Gasteiger partial charge on any atom is -0.497 e. The van der Waals surface area contributed by atoms with Crippen LogP contribution in [-0.4, -0.2) is 26.0 Å². The molecule has 0 atom stereocenters. The smallest absolute Gasteiger partial charge is 0.282 e. The number of benzene rings is 3. The standard InChI is InChI=1S/C25H22N2O4/c1-16-8-12-18(13-9-16)27-24(28)22(20-6-4-5-7-21(20)31-3)23(25(27)29)26-17-10-14-19(30-2)15-11-17/h4-15,26H,1-3H3. The average molecular weight is 414 g/mol. The number of anilines is 2. The number of aryl methyl sites for hydroxylation is 1. The molecule has 1 aliphatic heterocycles. The summed E-state index contributed by atoms with van der Waals surface area (Å²) in [7, 11) is 3.12. The lowest BCUT2D eigenvalue weighted by molar-refractivity contribution is -0.120. The SMILES string of the molecule is COc1ccc(NC2=C(c3ccccc3OC)C(=O)N(c3ccc(C)cc3)C2=O)cc1. The van der Waals surface area contributed by atoms with Crippen molar-refractivity contribution in [3.63, 3.8) is 0 Å². The van der Waals surface area contributed by atoms with Gasteiger partial charge >= 0.3 is 0 Å². The van der Waals surface area contributed by atoms with Gasteiger partial charge in [-0.05, 0) is 49.4 Å². The third-order valence-electron chi connectivity index (χ3n) is 5.11. The van der Waals surface area contributed by atoms with Gasteiger partial charge in [0.05, 0.1) is 25.5 Å². The summed E-state index contributed by atoms with van der Waals surface area (Å²) in [6.45, 7) is 1.95. The van der Waals surface area contributed by atoms with Crippen molar-refractivity contribution in [3.05, 3.63) is 89.6 Å². The van der Waals surface area contributed by atoms with Crippen molar-refractivity contribution in [1.29, 1.82) is 0 Å². The third-order valence-corrected chi connectivity index (χ3v) is 5.11. The van der Waals surface area contributed by atoms with Gasteiger partial charge in [-0.15, -0.1) is 0 Å². The number of carbonyl (C=O) groups is 2. The molecule has 0 saturated carbocycles. The van der Waals surface area contributed by atoms with Crippen LogP contribution >= 0.6 is 0 Å². The zero-order valence-corrected chi connectivity index (χ0v) is 17.5. The van der Waals surface area contributed by atoms with Gasteiger partial charge in [0.15, 0.2) is 0 Å². The van der Waals surface area contributed by atoms with Crippen LogP contribution in [0.1, 0.15) is 11.1 Å². The minimum absolute atomic E-state index is 0.195. The molecule has 0 aliphatic carbocycles. The Bertz CT molecular complexity index is 1160. The highest BCUT2D eigenvalue weighted by Crippen LogP contribution is 2.37. The van der Waals surface area contributed by atoms with Gasteiger partial charge < -0.3 is 14.8 Å². The van der Waals surface area contributed by atoms with Crippen molar-refractivity contribution < 1.29 is 19.1 Å². The van der Waals surface area contributed by atoms with Crippen molar-refractivity contribution in [2.24, 2.45) is 0 Å². The molecule has 156 valence electrons. The third kappa shape index (κ3) is 3.75. The number of para-hydroxylation sites is 1. The van der Waals surface area contributed by atoms with Crippen LogP contribution in [0.4, 0.5) is 11.4 Å². The molecule has 0 aromatic heterocycles. The summed E-state index contributed by atoms with van der Waals surface area (Å²) in [4.78, 5) is 28.1. The molecule has 0 saturated heterocycles. The van der Waals surface area contributed by atoms with E-state index >= 15 is 0 Å². The van der Waals surface area contributed by atoms with Gasteiger partial charge in [-0.3, -0.25) is 9.59 Å². The summed E-state index contributed by atoms with van der Waals surface area (Å²) in [6, 6.07) is 21.6. The van der Waals surface area contributed by atoms with E-state index in [1.165, 1.54) is 12.0 Å². The van der Waals surface area contributed by atoms with Crippen molar-refractivity contribution in [1.82, 2.24) is 0 Å². The van der Waals surface area contributed by atoms with Crippen molar-refractivity contribution in [2.45, 2.75) is 6.92 Å². The number of ether oxygens (including phenoxy) is 2. The Morgan fingerprint density at radius 2 is 1.45 bits per heavy atom. The van der Waals surface area contributed by atoms with Gasteiger partial charge in [-0.2, -0.15) is 0 Å². The highest BCUT2D eigenvalue weighted by molar-refractivity contribution is 6.46. The Labute approximate surface area is 180 Å². The van der Waals surface area contributed by atoms with Gasteiger partial charge in [-0.1, -0.05) is 35.9 Å². The van der Waals surface area contributed by atoms with Crippen LogP contribution in [0.25, 0.3) is 5.57 Å². The molecule has 31 heavy (non-hydrogen) atoms. The topological polar surface area (TPSA) is 67.9 Å². The molecule has 1 aliphatic rings. The molecule has 3 aromatic rings. The normalized spacial score (nSPS) is 13.6. The van der Waals surface area contributed by atoms with Crippen LogP contribution in [0, 0.1) is 6.92 Å². The number of rotatable bonds is 6. The summed E-state index contributed by atoms with van der Waals surface area (Å²) >= 11 is 0. The van der Waals surface area contributed by atoms with Gasteiger partial charge in [-0.25, -0.2) is 4.90 Å². The molecule has 0 bridgehead atoms. The molecule has 0 fully saturated rings. The number of amides is 2. The van der Waals surface area contributed by atoms with Gasteiger partial charge in [0.1, 0.15) is 17.2 Å². The van der Waals surface area contributed by atoms with Gasteiger partial charge in [0, 0.05) is 11.3 Å². The Kier molecular flexibility index (Phi) is 5.45. The quantitative estimate of drug-likeness (QED) is 0.605. The largest absolute Gasteiger partial charge is 0.497 e. The Morgan fingerprint density at radius 1 is 0.774 bits per heavy atom. The van der Waals surface area contributed by atoms with Crippen molar-refractivity contribution >= 4 is 28.8 Å². The molecule has 6 nitrogen and oxygen atoms in total. The van der Waals surface area contributed by atoms with E-state index in [1.54, 1.807) is 55.6 Å². The van der Waals surface area contributed by atoms with E-state index in [0.29, 0.717) is 28.4 Å². The van der Waals surface area contributed by atoms with E-state index in [-0.39, 0.29) is 11.3 Å². The number of nitrogens with zero attached hydrogens (tertiary/aromatic N) is 1. The molecule has 1 heterocycles. The van der Waals surface area contributed by atoms with Crippen LogP contribution < -0.4 is 19.7 Å². The zero-order chi connectivity index (χ0) is 22.0.